The van der Waals surface area contributed by atoms with Gasteiger partial charge in [-0.15, -0.1) is 0 Å². The monoisotopic (exact) mass is 279 g/mol. The SMILES string of the molecule is Nc1cccc(CCCn2cc(Cl)c(=O)[nH]c2=O)c1. The van der Waals surface area contributed by atoms with Gasteiger partial charge in [0.15, 0.2) is 0 Å². The predicted octanol–water partition coefficient (Wildman–Crippen LogP) is 1.41. The smallest absolute Gasteiger partial charge is 0.328 e. The zero-order valence-corrected chi connectivity index (χ0v) is 11.0. The quantitative estimate of drug-likeness (QED) is 0.830. The van der Waals surface area contributed by atoms with Gasteiger partial charge in [0, 0.05) is 18.4 Å². The average Bonchev–Trinajstić information content (AvgIpc) is 2.35. The largest absolute Gasteiger partial charge is 0.399 e. The summed E-state index contributed by atoms with van der Waals surface area (Å²) in [5.74, 6) is 0. The van der Waals surface area contributed by atoms with Crippen LogP contribution in [0.5, 0.6) is 0 Å². The van der Waals surface area contributed by atoms with Crippen LogP contribution < -0.4 is 17.0 Å². The third-order valence-corrected chi connectivity index (χ3v) is 3.05. The van der Waals surface area contributed by atoms with Gasteiger partial charge in [-0.2, -0.15) is 0 Å². The fourth-order valence-electron chi connectivity index (χ4n) is 1.85. The number of anilines is 1. The van der Waals surface area contributed by atoms with E-state index in [0.29, 0.717) is 6.54 Å². The van der Waals surface area contributed by atoms with Crippen LogP contribution >= 0.6 is 11.6 Å². The molecule has 3 N–H and O–H groups in total. The number of aryl methyl sites for hydroxylation is 2. The van der Waals surface area contributed by atoms with Crippen molar-refractivity contribution < 1.29 is 0 Å². The van der Waals surface area contributed by atoms with E-state index in [-0.39, 0.29) is 5.02 Å². The van der Waals surface area contributed by atoms with Crippen LogP contribution in [-0.4, -0.2) is 9.55 Å². The molecule has 0 atom stereocenters. The van der Waals surface area contributed by atoms with Crippen LogP contribution in [-0.2, 0) is 13.0 Å². The molecule has 100 valence electrons. The van der Waals surface area contributed by atoms with Gasteiger partial charge < -0.3 is 5.73 Å². The molecule has 0 bridgehead atoms. The van der Waals surface area contributed by atoms with Crippen molar-refractivity contribution in [3.8, 4) is 0 Å². The lowest BCUT2D eigenvalue weighted by atomic mass is 10.1. The molecule has 0 aliphatic carbocycles. The van der Waals surface area contributed by atoms with Crippen LogP contribution in [0.1, 0.15) is 12.0 Å². The Hall–Kier alpha value is -2.01. The van der Waals surface area contributed by atoms with Gasteiger partial charge in [-0.3, -0.25) is 14.3 Å². The van der Waals surface area contributed by atoms with Crippen LogP contribution in [0.2, 0.25) is 5.02 Å². The van der Waals surface area contributed by atoms with Crippen molar-refractivity contribution in [3.05, 3.63) is 61.9 Å². The van der Waals surface area contributed by atoms with Crippen molar-refractivity contribution in [2.75, 3.05) is 5.73 Å². The summed E-state index contributed by atoms with van der Waals surface area (Å²) in [6, 6.07) is 7.62. The molecule has 0 saturated carbocycles. The van der Waals surface area contributed by atoms with E-state index in [1.54, 1.807) is 0 Å². The molecule has 0 amide bonds. The van der Waals surface area contributed by atoms with E-state index in [9.17, 15) is 9.59 Å². The molecule has 2 aromatic rings. The van der Waals surface area contributed by atoms with Crippen LogP contribution in [0.25, 0.3) is 0 Å². The molecule has 0 aliphatic heterocycles. The summed E-state index contributed by atoms with van der Waals surface area (Å²) in [6.07, 6.45) is 2.92. The molecular weight excluding hydrogens is 266 g/mol. The number of benzene rings is 1. The maximum absolute atomic E-state index is 11.5. The van der Waals surface area contributed by atoms with Crippen molar-refractivity contribution >= 4 is 17.3 Å². The molecule has 19 heavy (non-hydrogen) atoms. The molecular formula is C13H14ClN3O2. The van der Waals surface area contributed by atoms with Crippen LogP contribution in [0, 0.1) is 0 Å². The third-order valence-electron chi connectivity index (χ3n) is 2.78. The van der Waals surface area contributed by atoms with Gasteiger partial charge >= 0.3 is 5.69 Å². The summed E-state index contributed by atoms with van der Waals surface area (Å²) >= 11 is 5.68. The lowest BCUT2D eigenvalue weighted by molar-refractivity contribution is 0.605. The van der Waals surface area contributed by atoms with E-state index in [1.165, 1.54) is 10.8 Å². The summed E-state index contributed by atoms with van der Waals surface area (Å²) in [5.41, 5.74) is 6.53. The normalized spacial score (nSPS) is 10.6. The number of nitrogens with two attached hydrogens (primary N) is 1. The standard InChI is InChI=1S/C13H14ClN3O2/c14-11-8-17(13(19)16-12(11)18)6-2-4-9-3-1-5-10(15)7-9/h1,3,5,7-8H,2,4,6,15H2,(H,16,18,19). The molecule has 2 rings (SSSR count). The van der Waals surface area contributed by atoms with Crippen LogP contribution in [0.3, 0.4) is 0 Å². The summed E-state index contributed by atoms with van der Waals surface area (Å²) in [4.78, 5) is 24.8. The molecule has 1 aromatic heterocycles. The topological polar surface area (TPSA) is 80.9 Å². The second kappa shape index (κ2) is 5.75. The van der Waals surface area contributed by atoms with E-state index in [0.717, 1.165) is 24.1 Å². The van der Waals surface area contributed by atoms with Gasteiger partial charge in [0.05, 0.1) is 0 Å². The Balaban J connectivity index is 2.02. The minimum Gasteiger partial charge on any atom is -0.399 e. The van der Waals surface area contributed by atoms with Gasteiger partial charge in [0.25, 0.3) is 5.56 Å². The number of aromatic nitrogens is 2. The zero-order chi connectivity index (χ0) is 13.8. The molecule has 0 fully saturated rings. The number of nitrogens with zero attached hydrogens (tertiary/aromatic N) is 1. The van der Waals surface area contributed by atoms with E-state index >= 15 is 0 Å². The van der Waals surface area contributed by atoms with Gasteiger partial charge in [0.2, 0.25) is 0 Å². The molecule has 0 spiro atoms. The lowest BCUT2D eigenvalue weighted by Gasteiger charge is -2.06. The molecule has 0 aliphatic rings. The molecule has 1 aromatic carbocycles. The first-order valence-corrected chi connectivity index (χ1v) is 6.28. The first kappa shape index (κ1) is 13.4. The minimum absolute atomic E-state index is 0.0172. The third kappa shape index (κ3) is 3.48. The number of halogens is 1. The number of rotatable bonds is 4. The molecule has 1 heterocycles. The Morgan fingerprint density at radius 1 is 1.32 bits per heavy atom. The summed E-state index contributed by atoms with van der Waals surface area (Å²) in [6.45, 7) is 0.490. The zero-order valence-electron chi connectivity index (χ0n) is 10.2. The fourth-order valence-corrected chi connectivity index (χ4v) is 2.02. The molecule has 6 heteroatoms. The highest BCUT2D eigenvalue weighted by molar-refractivity contribution is 6.30. The molecule has 0 unspecified atom stereocenters. The highest BCUT2D eigenvalue weighted by Crippen LogP contribution is 2.09. The van der Waals surface area contributed by atoms with Crippen molar-refractivity contribution in [3.63, 3.8) is 0 Å². The van der Waals surface area contributed by atoms with Gasteiger partial charge in [-0.1, -0.05) is 23.7 Å². The number of aromatic amines is 1. The van der Waals surface area contributed by atoms with Crippen LogP contribution in [0.15, 0.2) is 40.1 Å². The summed E-state index contributed by atoms with van der Waals surface area (Å²) in [5, 5.41) is 0.0172. The highest BCUT2D eigenvalue weighted by atomic mass is 35.5. The van der Waals surface area contributed by atoms with Crippen molar-refractivity contribution in [1.29, 1.82) is 0 Å². The van der Waals surface area contributed by atoms with Crippen molar-refractivity contribution in [1.82, 2.24) is 9.55 Å². The van der Waals surface area contributed by atoms with E-state index in [1.807, 2.05) is 24.3 Å². The van der Waals surface area contributed by atoms with Crippen molar-refractivity contribution in [2.45, 2.75) is 19.4 Å². The molecule has 0 saturated heterocycles. The minimum atomic E-state index is -0.557. The number of H-pyrrole nitrogens is 1. The maximum Gasteiger partial charge on any atom is 0.328 e. The highest BCUT2D eigenvalue weighted by Gasteiger charge is 2.02. The summed E-state index contributed by atoms with van der Waals surface area (Å²) in [7, 11) is 0. The van der Waals surface area contributed by atoms with Gasteiger partial charge in [0.1, 0.15) is 5.02 Å². The maximum atomic E-state index is 11.5. The Bertz CT molecular complexity index is 691. The second-order valence-electron chi connectivity index (χ2n) is 4.28. The second-order valence-corrected chi connectivity index (χ2v) is 4.69. The Labute approximate surface area is 114 Å². The van der Waals surface area contributed by atoms with E-state index in [4.69, 9.17) is 17.3 Å². The fraction of sp³-hybridized carbons (Fsp3) is 0.231. The van der Waals surface area contributed by atoms with E-state index in [2.05, 4.69) is 4.98 Å². The molecule has 0 radical (unpaired) electrons. The first-order valence-electron chi connectivity index (χ1n) is 5.90. The van der Waals surface area contributed by atoms with Crippen molar-refractivity contribution in [2.24, 2.45) is 0 Å². The van der Waals surface area contributed by atoms with Gasteiger partial charge in [-0.05, 0) is 30.5 Å². The number of hydrogen-bond donors (Lipinski definition) is 2. The summed E-state index contributed by atoms with van der Waals surface area (Å²) < 4.78 is 1.40. The Morgan fingerprint density at radius 2 is 2.11 bits per heavy atom. The Morgan fingerprint density at radius 3 is 2.84 bits per heavy atom. The average molecular weight is 280 g/mol. The predicted molar refractivity (Wildman–Crippen MR) is 75.5 cm³/mol. The number of hydrogen-bond acceptors (Lipinski definition) is 3. The number of nitrogens with one attached hydrogen (secondary N) is 1. The molecule has 5 nitrogen and oxygen atoms in total. The number of nitrogen functional groups attached to an aromatic ring is 1. The Kier molecular flexibility index (Phi) is 4.06. The van der Waals surface area contributed by atoms with Crippen LogP contribution in [0.4, 0.5) is 5.69 Å². The lowest BCUT2D eigenvalue weighted by Crippen LogP contribution is -2.29. The van der Waals surface area contributed by atoms with E-state index < -0.39 is 11.2 Å². The van der Waals surface area contributed by atoms with Gasteiger partial charge in [-0.25, -0.2) is 4.79 Å². The first-order chi connectivity index (χ1) is 9.06.